The molecule has 0 radical (unpaired) electrons. The maximum Gasteiger partial charge on any atom is 0.407 e. The van der Waals surface area contributed by atoms with E-state index in [1.165, 1.54) is 12.8 Å². The van der Waals surface area contributed by atoms with Gasteiger partial charge in [-0.15, -0.1) is 0 Å². The molecule has 0 aromatic carbocycles. The van der Waals surface area contributed by atoms with E-state index < -0.39 is 5.60 Å². The summed E-state index contributed by atoms with van der Waals surface area (Å²) in [6.45, 7) is 15.3. The van der Waals surface area contributed by atoms with Crippen LogP contribution in [0, 0.1) is 5.92 Å². The highest BCUT2D eigenvalue weighted by Crippen LogP contribution is 2.12. The highest BCUT2D eigenvalue weighted by Gasteiger charge is 2.19. The van der Waals surface area contributed by atoms with E-state index in [-0.39, 0.29) is 12.1 Å². The Morgan fingerprint density at radius 3 is 2.05 bits per heavy atom. The van der Waals surface area contributed by atoms with Crippen LogP contribution in [0.3, 0.4) is 0 Å². The van der Waals surface area contributed by atoms with Crippen molar-refractivity contribution >= 4 is 6.09 Å². The number of amides is 1. The third-order valence-corrected chi connectivity index (χ3v) is 3.74. The van der Waals surface area contributed by atoms with Crippen molar-refractivity contribution in [1.29, 1.82) is 0 Å². The number of ether oxygens (including phenoxy) is 1. The molecule has 3 atom stereocenters. The average molecular weight is 300 g/mol. The Labute approximate surface area is 131 Å². The maximum atomic E-state index is 11.8. The first-order valence-electron chi connectivity index (χ1n) is 8.44. The lowest BCUT2D eigenvalue weighted by Crippen LogP contribution is -2.46. The number of carbonyl (C=O) groups excluding carboxylic acids is 1. The molecule has 4 nitrogen and oxygen atoms in total. The van der Waals surface area contributed by atoms with Crippen LogP contribution in [0.25, 0.3) is 0 Å². The van der Waals surface area contributed by atoms with Crippen molar-refractivity contribution in [3.8, 4) is 0 Å². The summed E-state index contributed by atoms with van der Waals surface area (Å²) >= 11 is 0. The van der Waals surface area contributed by atoms with Gasteiger partial charge in [-0.3, -0.25) is 0 Å². The second-order valence-corrected chi connectivity index (χ2v) is 7.01. The highest BCUT2D eigenvalue weighted by molar-refractivity contribution is 5.68. The summed E-state index contributed by atoms with van der Waals surface area (Å²) in [7, 11) is 0. The molecular weight excluding hydrogens is 264 g/mol. The normalized spacial score (nSPS) is 16.1. The molecule has 0 saturated heterocycles. The first-order valence-corrected chi connectivity index (χ1v) is 8.44. The van der Waals surface area contributed by atoms with E-state index in [2.05, 4.69) is 38.3 Å². The van der Waals surface area contributed by atoms with Gasteiger partial charge in [0.2, 0.25) is 0 Å². The smallest absolute Gasteiger partial charge is 0.407 e. The van der Waals surface area contributed by atoms with Crippen molar-refractivity contribution in [2.75, 3.05) is 6.54 Å². The molecule has 3 unspecified atom stereocenters. The Balaban J connectivity index is 4.21. The average Bonchev–Trinajstić information content (AvgIpc) is 2.39. The van der Waals surface area contributed by atoms with Gasteiger partial charge in [-0.1, -0.05) is 34.1 Å². The van der Waals surface area contributed by atoms with Crippen LogP contribution in [-0.4, -0.2) is 30.3 Å². The predicted octanol–water partition coefficient (Wildman–Crippen LogP) is 4.09. The number of carbonyl (C=O) groups is 1. The minimum Gasteiger partial charge on any atom is -0.444 e. The monoisotopic (exact) mass is 300 g/mol. The molecule has 0 fully saturated rings. The van der Waals surface area contributed by atoms with Gasteiger partial charge in [-0.2, -0.15) is 0 Å². The van der Waals surface area contributed by atoms with E-state index in [4.69, 9.17) is 4.74 Å². The molecule has 0 aromatic heterocycles. The molecule has 0 saturated carbocycles. The lowest BCUT2D eigenvalue weighted by Gasteiger charge is -2.26. The van der Waals surface area contributed by atoms with Crippen LogP contribution in [-0.2, 0) is 4.74 Å². The molecular formula is C17H36N2O2. The number of hydrogen-bond acceptors (Lipinski definition) is 3. The Hall–Kier alpha value is -0.770. The summed E-state index contributed by atoms with van der Waals surface area (Å²) in [6, 6.07) is 0.639. The number of rotatable bonds is 9. The molecule has 21 heavy (non-hydrogen) atoms. The summed E-state index contributed by atoms with van der Waals surface area (Å²) < 4.78 is 5.31. The summed E-state index contributed by atoms with van der Waals surface area (Å²) in [5.41, 5.74) is -0.446. The number of hydrogen-bond donors (Lipinski definition) is 2. The van der Waals surface area contributed by atoms with Gasteiger partial charge in [0.1, 0.15) is 5.60 Å². The first kappa shape index (κ1) is 20.2. The first-order chi connectivity index (χ1) is 9.71. The van der Waals surface area contributed by atoms with E-state index >= 15 is 0 Å². The Morgan fingerprint density at radius 1 is 1.05 bits per heavy atom. The third kappa shape index (κ3) is 10.6. The topological polar surface area (TPSA) is 50.4 Å². The van der Waals surface area contributed by atoms with E-state index in [1.807, 2.05) is 20.8 Å². The molecule has 0 spiro atoms. The van der Waals surface area contributed by atoms with Gasteiger partial charge in [0, 0.05) is 18.6 Å². The van der Waals surface area contributed by atoms with E-state index in [9.17, 15) is 4.79 Å². The zero-order valence-corrected chi connectivity index (χ0v) is 15.1. The highest BCUT2D eigenvalue weighted by atomic mass is 16.6. The Bertz CT molecular complexity index is 287. The summed E-state index contributed by atoms with van der Waals surface area (Å²) in [6.07, 6.45) is 4.09. The minimum atomic E-state index is -0.446. The van der Waals surface area contributed by atoms with Gasteiger partial charge in [-0.25, -0.2) is 4.79 Å². The molecule has 0 aliphatic rings. The van der Waals surface area contributed by atoms with Crippen molar-refractivity contribution in [2.24, 2.45) is 5.92 Å². The van der Waals surface area contributed by atoms with Crippen LogP contribution in [0.5, 0.6) is 0 Å². The van der Waals surface area contributed by atoms with Gasteiger partial charge in [0.25, 0.3) is 0 Å². The lowest BCUT2D eigenvalue weighted by atomic mass is 9.97. The molecule has 0 aliphatic heterocycles. The second-order valence-electron chi connectivity index (χ2n) is 7.01. The van der Waals surface area contributed by atoms with Crippen LogP contribution in [0.4, 0.5) is 4.79 Å². The summed E-state index contributed by atoms with van der Waals surface area (Å²) in [4.78, 5) is 11.8. The van der Waals surface area contributed by atoms with E-state index in [0.29, 0.717) is 6.04 Å². The molecule has 126 valence electrons. The minimum absolute atomic E-state index is 0.117. The predicted molar refractivity (Wildman–Crippen MR) is 89.6 cm³/mol. The Morgan fingerprint density at radius 2 is 1.62 bits per heavy atom. The number of alkyl carbamates (subject to hydrolysis) is 1. The maximum absolute atomic E-state index is 11.8. The molecule has 0 aliphatic carbocycles. The van der Waals surface area contributed by atoms with Crippen molar-refractivity contribution in [3.05, 3.63) is 0 Å². The van der Waals surface area contributed by atoms with Crippen LogP contribution in [0.15, 0.2) is 0 Å². The standard InChI is InChI=1S/C17H36N2O2/c1-8-13(4)11-14(9-2)18-12-15(10-3)19-16(20)21-17(5,6)7/h13-15,18H,8-12H2,1-7H3,(H,19,20). The molecule has 0 aromatic rings. The second kappa shape index (κ2) is 10.0. The van der Waals surface area contributed by atoms with Gasteiger partial charge >= 0.3 is 6.09 Å². The van der Waals surface area contributed by atoms with Gasteiger partial charge in [-0.05, 0) is 46.0 Å². The SMILES string of the molecule is CCC(C)CC(CC)NCC(CC)NC(=O)OC(C)(C)C. The zero-order chi connectivity index (χ0) is 16.5. The largest absolute Gasteiger partial charge is 0.444 e. The van der Waals surface area contributed by atoms with Crippen molar-refractivity contribution in [1.82, 2.24) is 10.6 Å². The lowest BCUT2D eigenvalue weighted by molar-refractivity contribution is 0.0501. The summed E-state index contributed by atoms with van der Waals surface area (Å²) in [5.74, 6) is 0.737. The quantitative estimate of drug-likeness (QED) is 0.674. The molecule has 4 heteroatoms. The zero-order valence-electron chi connectivity index (χ0n) is 15.1. The van der Waals surface area contributed by atoms with Crippen molar-refractivity contribution in [2.45, 2.75) is 91.8 Å². The molecule has 0 bridgehead atoms. The fraction of sp³-hybridized carbons (Fsp3) is 0.941. The molecule has 0 rings (SSSR count). The van der Waals surface area contributed by atoms with Crippen LogP contribution < -0.4 is 10.6 Å². The van der Waals surface area contributed by atoms with Crippen molar-refractivity contribution in [3.63, 3.8) is 0 Å². The van der Waals surface area contributed by atoms with Crippen molar-refractivity contribution < 1.29 is 9.53 Å². The molecule has 0 heterocycles. The van der Waals surface area contributed by atoms with Gasteiger partial charge < -0.3 is 15.4 Å². The van der Waals surface area contributed by atoms with E-state index in [0.717, 1.165) is 25.3 Å². The Kier molecular flexibility index (Phi) is 9.67. The fourth-order valence-corrected chi connectivity index (χ4v) is 2.13. The van der Waals surface area contributed by atoms with Crippen LogP contribution in [0.1, 0.15) is 74.1 Å². The summed E-state index contributed by atoms with van der Waals surface area (Å²) in [5, 5.41) is 6.53. The fourth-order valence-electron chi connectivity index (χ4n) is 2.13. The van der Waals surface area contributed by atoms with Gasteiger partial charge in [0.15, 0.2) is 0 Å². The van der Waals surface area contributed by atoms with Gasteiger partial charge in [0.05, 0.1) is 0 Å². The van der Waals surface area contributed by atoms with Crippen LogP contribution in [0.2, 0.25) is 0 Å². The third-order valence-electron chi connectivity index (χ3n) is 3.74. The molecule has 2 N–H and O–H groups in total. The molecule has 1 amide bonds. The number of nitrogens with one attached hydrogen (secondary N) is 2. The van der Waals surface area contributed by atoms with Crippen LogP contribution >= 0.6 is 0 Å². The van der Waals surface area contributed by atoms with E-state index in [1.54, 1.807) is 0 Å².